The van der Waals surface area contributed by atoms with Gasteiger partial charge in [-0.15, -0.1) is 0 Å². The van der Waals surface area contributed by atoms with Crippen molar-refractivity contribution in [2.24, 2.45) is 5.14 Å². The third kappa shape index (κ3) is 5.31. The Labute approximate surface area is 140 Å². The molecule has 0 aliphatic heterocycles. The molecule has 4 N–H and O–H groups in total. The monoisotopic (exact) mass is 433 g/mol. The summed E-state index contributed by atoms with van der Waals surface area (Å²) in [5.74, 6) is 0. The fourth-order valence-electron chi connectivity index (χ4n) is 1.71. The standard InChI is InChI=1S/C13H13Br2N3O2S/c14-12-5-4-9(6-13(12)15)8-17-10-2-1-3-11(7-10)18-21(16,19)20/h1-7,17-18H,8H2,(H2,16,19,20). The van der Waals surface area contributed by atoms with E-state index in [0.29, 0.717) is 12.2 Å². The van der Waals surface area contributed by atoms with Crippen molar-refractivity contribution in [3.05, 3.63) is 57.0 Å². The molecule has 0 radical (unpaired) electrons. The number of hydrogen-bond acceptors (Lipinski definition) is 3. The van der Waals surface area contributed by atoms with Crippen molar-refractivity contribution in [3.63, 3.8) is 0 Å². The molecule has 21 heavy (non-hydrogen) atoms. The van der Waals surface area contributed by atoms with Gasteiger partial charge in [-0.2, -0.15) is 8.42 Å². The van der Waals surface area contributed by atoms with E-state index in [0.717, 1.165) is 20.2 Å². The van der Waals surface area contributed by atoms with Crippen molar-refractivity contribution in [1.29, 1.82) is 0 Å². The number of nitrogens with two attached hydrogens (primary N) is 1. The van der Waals surface area contributed by atoms with Crippen LogP contribution in [-0.4, -0.2) is 8.42 Å². The van der Waals surface area contributed by atoms with Gasteiger partial charge in [0, 0.05) is 21.2 Å². The summed E-state index contributed by atoms with van der Waals surface area (Å²) in [6, 6.07) is 12.9. The third-order valence-corrected chi connectivity index (χ3v) is 5.00. The molecule has 2 aromatic rings. The zero-order valence-corrected chi connectivity index (χ0v) is 14.8. The molecule has 0 aliphatic rings. The lowest BCUT2D eigenvalue weighted by atomic mass is 10.2. The van der Waals surface area contributed by atoms with Crippen molar-refractivity contribution in [3.8, 4) is 0 Å². The summed E-state index contributed by atoms with van der Waals surface area (Å²) < 4.78 is 26.2. The molecule has 8 heteroatoms. The second-order valence-corrected chi connectivity index (χ2v) is 7.33. The number of anilines is 2. The summed E-state index contributed by atoms with van der Waals surface area (Å²) in [4.78, 5) is 0. The predicted molar refractivity (Wildman–Crippen MR) is 92.3 cm³/mol. The molecule has 0 unspecified atom stereocenters. The Morgan fingerprint density at radius 3 is 2.38 bits per heavy atom. The van der Waals surface area contributed by atoms with E-state index < -0.39 is 10.2 Å². The number of nitrogens with one attached hydrogen (secondary N) is 2. The van der Waals surface area contributed by atoms with E-state index in [1.165, 1.54) is 0 Å². The molecule has 0 aromatic heterocycles. The molecule has 0 heterocycles. The maximum atomic E-state index is 11.0. The van der Waals surface area contributed by atoms with Crippen LogP contribution in [-0.2, 0) is 16.8 Å². The largest absolute Gasteiger partial charge is 0.381 e. The molecule has 2 rings (SSSR count). The highest BCUT2D eigenvalue weighted by Gasteiger charge is 2.03. The second-order valence-electron chi connectivity index (χ2n) is 4.33. The van der Waals surface area contributed by atoms with Crippen LogP contribution in [0, 0.1) is 0 Å². The maximum absolute atomic E-state index is 11.0. The van der Waals surface area contributed by atoms with Crippen molar-refractivity contribution in [2.45, 2.75) is 6.54 Å². The number of halogens is 2. The Bertz CT molecular complexity index is 751. The summed E-state index contributed by atoms with van der Waals surface area (Å²) >= 11 is 6.87. The highest BCUT2D eigenvalue weighted by molar-refractivity contribution is 9.13. The van der Waals surface area contributed by atoms with Gasteiger partial charge in [0.15, 0.2) is 0 Å². The van der Waals surface area contributed by atoms with E-state index in [4.69, 9.17) is 5.14 Å². The lowest BCUT2D eigenvalue weighted by Crippen LogP contribution is -2.21. The van der Waals surface area contributed by atoms with E-state index in [-0.39, 0.29) is 0 Å². The molecule has 0 fully saturated rings. The normalized spacial score (nSPS) is 11.2. The summed E-state index contributed by atoms with van der Waals surface area (Å²) in [5, 5.41) is 8.17. The smallest absolute Gasteiger partial charge is 0.296 e. The molecule has 5 nitrogen and oxygen atoms in total. The Morgan fingerprint density at radius 2 is 1.71 bits per heavy atom. The molecular formula is C13H13Br2N3O2S. The van der Waals surface area contributed by atoms with E-state index in [2.05, 4.69) is 41.9 Å². The van der Waals surface area contributed by atoms with Crippen molar-refractivity contribution in [2.75, 3.05) is 10.0 Å². The fourth-order valence-corrected chi connectivity index (χ4v) is 2.84. The van der Waals surface area contributed by atoms with Gasteiger partial charge in [0.05, 0.1) is 5.69 Å². The molecule has 0 saturated heterocycles. The minimum Gasteiger partial charge on any atom is -0.381 e. The van der Waals surface area contributed by atoms with Gasteiger partial charge in [-0.25, -0.2) is 5.14 Å². The van der Waals surface area contributed by atoms with Crippen molar-refractivity contribution >= 4 is 53.4 Å². The first-order valence-electron chi connectivity index (χ1n) is 5.92. The topological polar surface area (TPSA) is 84.2 Å². The Morgan fingerprint density at radius 1 is 1.00 bits per heavy atom. The first-order chi connectivity index (χ1) is 9.83. The molecule has 112 valence electrons. The van der Waals surface area contributed by atoms with E-state index >= 15 is 0 Å². The number of rotatable bonds is 5. The lowest BCUT2D eigenvalue weighted by molar-refractivity contribution is 0.603. The first-order valence-corrected chi connectivity index (χ1v) is 9.05. The molecule has 0 bridgehead atoms. The van der Waals surface area contributed by atoms with Crippen LogP contribution in [0.15, 0.2) is 51.4 Å². The Hall–Kier alpha value is -1.09. The van der Waals surface area contributed by atoms with Gasteiger partial charge in [0.2, 0.25) is 0 Å². The minimum absolute atomic E-state index is 0.416. The number of benzene rings is 2. The van der Waals surface area contributed by atoms with Crippen LogP contribution in [0.4, 0.5) is 11.4 Å². The first kappa shape index (κ1) is 16.3. The molecule has 0 aliphatic carbocycles. The van der Waals surface area contributed by atoms with Gasteiger partial charge in [0.25, 0.3) is 10.2 Å². The van der Waals surface area contributed by atoms with Crippen LogP contribution in [0.25, 0.3) is 0 Å². The highest BCUT2D eigenvalue weighted by atomic mass is 79.9. The van der Waals surface area contributed by atoms with E-state index in [1.807, 2.05) is 24.3 Å². The zero-order valence-electron chi connectivity index (χ0n) is 10.8. The molecule has 0 spiro atoms. The maximum Gasteiger partial charge on any atom is 0.296 e. The minimum atomic E-state index is -3.76. The van der Waals surface area contributed by atoms with Crippen LogP contribution in [0.3, 0.4) is 0 Å². The van der Waals surface area contributed by atoms with Crippen LogP contribution in [0.2, 0.25) is 0 Å². The van der Waals surface area contributed by atoms with E-state index in [1.54, 1.807) is 18.2 Å². The summed E-state index contributed by atoms with van der Waals surface area (Å²) in [6.07, 6.45) is 0. The predicted octanol–water partition coefficient (Wildman–Crippen LogP) is 3.44. The quantitative estimate of drug-likeness (QED) is 0.673. The average molecular weight is 435 g/mol. The van der Waals surface area contributed by atoms with Crippen LogP contribution < -0.4 is 15.2 Å². The molecule has 2 aromatic carbocycles. The Balaban J connectivity index is 2.06. The van der Waals surface area contributed by atoms with Gasteiger partial charge in [-0.05, 0) is 67.8 Å². The molecule has 0 saturated carbocycles. The molecule has 0 amide bonds. The van der Waals surface area contributed by atoms with Gasteiger partial charge >= 0.3 is 0 Å². The van der Waals surface area contributed by atoms with E-state index in [9.17, 15) is 8.42 Å². The van der Waals surface area contributed by atoms with Gasteiger partial charge < -0.3 is 5.32 Å². The molecular weight excluding hydrogens is 422 g/mol. The molecule has 0 atom stereocenters. The SMILES string of the molecule is NS(=O)(=O)Nc1cccc(NCc2ccc(Br)c(Br)c2)c1. The van der Waals surface area contributed by atoms with Crippen LogP contribution in [0.1, 0.15) is 5.56 Å². The lowest BCUT2D eigenvalue weighted by Gasteiger charge is -2.10. The van der Waals surface area contributed by atoms with Crippen LogP contribution in [0.5, 0.6) is 0 Å². The highest BCUT2D eigenvalue weighted by Crippen LogP contribution is 2.24. The number of hydrogen-bond donors (Lipinski definition) is 3. The summed E-state index contributed by atoms with van der Waals surface area (Å²) in [5.41, 5.74) is 2.30. The zero-order chi connectivity index (χ0) is 15.5. The summed E-state index contributed by atoms with van der Waals surface area (Å²) in [7, 11) is -3.76. The van der Waals surface area contributed by atoms with Crippen molar-refractivity contribution in [1.82, 2.24) is 0 Å². The fraction of sp³-hybridized carbons (Fsp3) is 0.0769. The van der Waals surface area contributed by atoms with Gasteiger partial charge in [-0.3, -0.25) is 4.72 Å². The van der Waals surface area contributed by atoms with Gasteiger partial charge in [-0.1, -0.05) is 12.1 Å². The van der Waals surface area contributed by atoms with Gasteiger partial charge in [0.1, 0.15) is 0 Å². The third-order valence-electron chi connectivity index (χ3n) is 2.60. The van der Waals surface area contributed by atoms with Crippen LogP contribution >= 0.6 is 31.9 Å². The average Bonchev–Trinajstić information content (AvgIpc) is 2.39. The second kappa shape index (κ2) is 6.78. The summed E-state index contributed by atoms with van der Waals surface area (Å²) in [6.45, 7) is 0.616. The van der Waals surface area contributed by atoms with Crippen molar-refractivity contribution < 1.29 is 8.42 Å². The Kier molecular flexibility index (Phi) is 5.26.